The minimum atomic E-state index is -0.461. The van der Waals surface area contributed by atoms with Gasteiger partial charge in [0.2, 0.25) is 57.7 Å². The van der Waals surface area contributed by atoms with Crippen LogP contribution in [-0.4, -0.2) is 76.6 Å². The summed E-state index contributed by atoms with van der Waals surface area (Å²) in [5, 5.41) is -3.13. The molecule has 0 amide bonds. The van der Waals surface area contributed by atoms with Gasteiger partial charge in [-0.2, -0.15) is 0 Å². The van der Waals surface area contributed by atoms with E-state index in [1.54, 1.807) is 58.9 Å². The molecule has 88 heavy (non-hydrogen) atoms. The third-order valence-electron chi connectivity index (χ3n) is 10.7. The molecule has 0 bridgehead atoms. The summed E-state index contributed by atoms with van der Waals surface area (Å²) in [6.07, 6.45) is 17.5. The van der Waals surface area contributed by atoms with Crippen molar-refractivity contribution in [1.29, 1.82) is 0 Å². The summed E-state index contributed by atoms with van der Waals surface area (Å²) in [5.41, 5.74) is 1.13. The van der Waals surface area contributed by atoms with Gasteiger partial charge in [-0.05, 0) is 214 Å². The predicted octanol–water partition coefficient (Wildman–Crippen LogP) is 20.2. The zero-order chi connectivity index (χ0) is 70.0. The van der Waals surface area contributed by atoms with E-state index in [1.165, 1.54) is 45.6 Å². The average molecular weight is 1480 g/mol. The van der Waals surface area contributed by atoms with Crippen molar-refractivity contribution in [3.05, 3.63) is 71.8 Å². The fourth-order valence-electron chi connectivity index (χ4n) is 5.34. The summed E-state index contributed by atoms with van der Waals surface area (Å²) in [7, 11) is 1.42. The molecule has 2 aromatic carbocycles. The SMILES string of the molecule is CC(C)(C)C(=O)Cl.CC(C)C(=O)Cl.CC(C)CC(=O)Cl.CCC(C)C(=O)Cl.CCCC(=O)Cl.CCCCC(=O)Cl.COCC(=O)Cl.O=C(Cl)C1CC1.O=C(Cl)C1CCCC1.O=C(Cl)CC1CCCC1.O=C(Cl)Cc1ccccc1.O=C(Cl)c1ccccc1. The fourth-order valence-corrected chi connectivity index (χ4v) is 7.17. The van der Waals surface area contributed by atoms with E-state index in [1.807, 2.05) is 77.9 Å². The second-order valence-corrected chi connectivity index (χ2v) is 25.8. The number of rotatable bonds is 19. The molecule has 0 heterocycles. The first-order valence-corrected chi connectivity index (χ1v) is 33.1. The number of benzene rings is 2. The van der Waals surface area contributed by atoms with Gasteiger partial charge < -0.3 is 4.74 Å². The Kier molecular flexibility index (Phi) is 75.0. The quantitative estimate of drug-likeness (QED) is 0.120. The molecule has 0 N–H and O–H groups in total. The Bertz CT molecular complexity index is 2180. The van der Waals surface area contributed by atoms with Crippen LogP contribution < -0.4 is 0 Å². The van der Waals surface area contributed by atoms with Crippen LogP contribution in [0.2, 0.25) is 0 Å². The first-order valence-electron chi connectivity index (χ1n) is 28.5. The Morgan fingerprint density at radius 3 is 1.06 bits per heavy atom. The predicted molar refractivity (Wildman–Crippen MR) is 367 cm³/mol. The lowest BCUT2D eigenvalue weighted by Gasteiger charge is -2.08. The molecule has 13 nitrogen and oxygen atoms in total. The monoisotopic (exact) mass is 1480 g/mol. The van der Waals surface area contributed by atoms with Crippen molar-refractivity contribution >= 4 is 202 Å². The second kappa shape index (κ2) is 66.4. The Hall–Kier alpha value is -2.08. The molecule has 1 atom stereocenters. The van der Waals surface area contributed by atoms with E-state index in [0.29, 0.717) is 49.5 Å². The normalized spacial score (nSPS) is 12.7. The van der Waals surface area contributed by atoms with E-state index in [2.05, 4.69) is 4.74 Å². The van der Waals surface area contributed by atoms with E-state index >= 15 is 0 Å². The molecule has 506 valence electrons. The molecule has 3 aliphatic rings. The molecular weight excluding hydrogens is 1390 g/mol. The molecule has 3 saturated carbocycles. The van der Waals surface area contributed by atoms with Gasteiger partial charge >= 0.3 is 0 Å². The molecule has 0 aliphatic heterocycles. The molecule has 5 rings (SSSR count). The summed E-state index contributed by atoms with van der Waals surface area (Å²) >= 11 is 60.8. The van der Waals surface area contributed by atoms with Gasteiger partial charge in [-0.25, -0.2) is 0 Å². The van der Waals surface area contributed by atoms with Crippen molar-refractivity contribution in [3.63, 3.8) is 0 Å². The van der Waals surface area contributed by atoms with Crippen LogP contribution in [0.5, 0.6) is 0 Å². The van der Waals surface area contributed by atoms with Gasteiger partial charge in [0, 0.05) is 73.9 Å². The minimum absolute atomic E-state index is 0.00154. The van der Waals surface area contributed by atoms with Crippen molar-refractivity contribution in [2.75, 3.05) is 13.7 Å². The summed E-state index contributed by atoms with van der Waals surface area (Å²) in [5.74, 6) is 1.43. The number of hydrogen-bond acceptors (Lipinski definition) is 13. The van der Waals surface area contributed by atoms with Crippen molar-refractivity contribution in [2.24, 2.45) is 40.9 Å². The first-order chi connectivity index (χ1) is 40.7. The highest BCUT2D eigenvalue weighted by molar-refractivity contribution is 6.68. The standard InChI is InChI=1S/C8H7ClO.C7H11ClO.C7H5ClO.C6H9ClO.4C5H9ClO.C4H5ClO.2C4H7ClO.C3H5ClO2/c9-8(10)6-7-4-2-1-3-5-7;8-7(9)5-6-3-1-2-4-6;8-7(9)6-4-2-1-3-5-6;7-6(8)5-3-1-2-4-5;1-5(2,3)4(6)7;1-4(2)3-5(6)7;1-3-4(2)5(6)7;1-2-3-4-5(6)7;5-4(6)3-1-2-3;1-3(2)4(5)6;1-2-3-4(5)6;1-6-2-3(4)5/h1-5H,6H2;6H,1-5H2;1-5H;5H,1-4H2;1-3H3;2*4H,3H2,1-2H3;2-4H2,1H3;3H,1-2H2;3H,1-2H3;2-3H2,1H3;2H2,1H3. The zero-order valence-corrected chi connectivity index (χ0v) is 61.8. The Morgan fingerprint density at radius 1 is 0.500 bits per heavy atom. The number of unbranched alkanes of at least 4 members (excludes halogenated alkanes) is 1. The molecule has 0 spiro atoms. The van der Waals surface area contributed by atoms with Crippen LogP contribution in [0.3, 0.4) is 0 Å². The number of ether oxygens (including phenoxy) is 1. The minimum Gasteiger partial charge on any atom is -0.376 e. The fraction of sp³-hybridized carbons (Fsp3) is 0.619. The van der Waals surface area contributed by atoms with E-state index in [4.69, 9.17) is 139 Å². The molecule has 0 saturated heterocycles. The van der Waals surface area contributed by atoms with Gasteiger partial charge in [0.1, 0.15) is 6.61 Å². The average Bonchev–Trinajstić information content (AvgIpc) is 4.03. The van der Waals surface area contributed by atoms with Crippen molar-refractivity contribution in [1.82, 2.24) is 0 Å². The lowest BCUT2D eigenvalue weighted by Crippen LogP contribution is -2.13. The highest BCUT2D eigenvalue weighted by Gasteiger charge is 2.27. The maximum Gasteiger partial charge on any atom is 0.252 e. The van der Waals surface area contributed by atoms with Gasteiger partial charge in [-0.15, -0.1) is 0 Å². The molecule has 1 unspecified atom stereocenters. The highest BCUT2D eigenvalue weighted by atomic mass is 35.5. The Labute approximate surface area is 584 Å². The number of carbonyl (C=O) groups is 12. The molecular formula is C63H92Cl12O13. The number of carbonyl (C=O) groups excluding carboxylic acids is 12. The van der Waals surface area contributed by atoms with Crippen LogP contribution in [0.25, 0.3) is 0 Å². The van der Waals surface area contributed by atoms with Gasteiger partial charge in [-0.1, -0.05) is 169 Å². The lowest BCUT2D eigenvalue weighted by atomic mass is 10.00. The third-order valence-corrected chi connectivity index (χ3v) is 13.9. The summed E-state index contributed by atoms with van der Waals surface area (Å²) < 4.78 is 4.32. The van der Waals surface area contributed by atoms with Crippen LogP contribution in [0.15, 0.2) is 60.7 Å². The van der Waals surface area contributed by atoms with E-state index in [-0.39, 0.29) is 88.1 Å². The van der Waals surface area contributed by atoms with Crippen LogP contribution in [0, 0.1) is 40.9 Å². The Balaban J connectivity index is -0.000000163. The van der Waals surface area contributed by atoms with Crippen LogP contribution >= 0.6 is 139 Å². The number of methoxy groups -OCH3 is 1. The van der Waals surface area contributed by atoms with Gasteiger partial charge in [0.05, 0.1) is 0 Å². The number of hydrogen-bond donors (Lipinski definition) is 0. The van der Waals surface area contributed by atoms with Gasteiger partial charge in [-0.3, -0.25) is 57.5 Å². The maximum atomic E-state index is 10.4. The van der Waals surface area contributed by atoms with E-state index in [9.17, 15) is 57.5 Å². The van der Waals surface area contributed by atoms with Crippen LogP contribution in [0.1, 0.15) is 208 Å². The van der Waals surface area contributed by atoms with Gasteiger partial charge in [0.15, 0.2) is 0 Å². The van der Waals surface area contributed by atoms with Crippen molar-refractivity contribution in [3.8, 4) is 0 Å². The largest absolute Gasteiger partial charge is 0.376 e. The lowest BCUT2D eigenvalue weighted by molar-refractivity contribution is -0.118. The first kappa shape index (κ1) is 99.5. The number of halogens is 12. The van der Waals surface area contributed by atoms with Crippen LogP contribution in [0.4, 0.5) is 0 Å². The molecule has 25 heteroatoms. The third kappa shape index (κ3) is 88.1. The zero-order valence-electron chi connectivity index (χ0n) is 52.7. The van der Waals surface area contributed by atoms with Crippen molar-refractivity contribution < 1.29 is 62.3 Å². The molecule has 2 aromatic rings. The maximum absolute atomic E-state index is 10.4. The summed E-state index contributed by atoms with van der Waals surface area (Å²) in [6.45, 7) is 20.5. The second-order valence-electron chi connectivity index (χ2n) is 21.1. The van der Waals surface area contributed by atoms with Crippen molar-refractivity contribution in [2.45, 2.75) is 198 Å². The summed E-state index contributed by atoms with van der Waals surface area (Å²) in [4.78, 5) is 121. The van der Waals surface area contributed by atoms with E-state index in [0.717, 1.165) is 56.9 Å². The van der Waals surface area contributed by atoms with E-state index < -0.39 is 10.5 Å². The van der Waals surface area contributed by atoms with Crippen LogP contribution in [-0.2, 0) is 63.9 Å². The topological polar surface area (TPSA) is 214 Å². The smallest absolute Gasteiger partial charge is 0.252 e. The molecule has 3 aliphatic carbocycles. The molecule has 0 radical (unpaired) electrons. The molecule has 0 aromatic heterocycles. The molecule has 3 fully saturated rings. The highest BCUT2D eigenvalue weighted by Crippen LogP contribution is 2.31. The summed E-state index contributed by atoms with van der Waals surface area (Å²) in [6, 6.07) is 18.2. The Morgan fingerprint density at radius 2 is 0.898 bits per heavy atom. The van der Waals surface area contributed by atoms with Gasteiger partial charge in [0.25, 0.3) is 5.24 Å².